The molecule has 0 spiro atoms. The largest absolute Gasteiger partial charge is 0.493 e. The fraction of sp³-hybridized carbons (Fsp3) is 0.214. The number of esters is 1. The molecule has 1 amide bonds. The fourth-order valence-corrected chi connectivity index (χ4v) is 6.12. The monoisotopic (exact) mass is 515 g/mol. The van der Waals surface area contributed by atoms with Crippen molar-refractivity contribution in [3.63, 3.8) is 0 Å². The zero-order valence-electron chi connectivity index (χ0n) is 20.2. The van der Waals surface area contributed by atoms with Gasteiger partial charge in [-0.1, -0.05) is 36.4 Å². The highest BCUT2D eigenvalue weighted by Crippen LogP contribution is 2.41. The summed E-state index contributed by atoms with van der Waals surface area (Å²) in [5.74, 6) is 0.0426. The van der Waals surface area contributed by atoms with Crippen molar-refractivity contribution in [3.05, 3.63) is 99.8 Å². The molecule has 6 rings (SSSR count). The number of carbonyl (C=O) groups is 2. The van der Waals surface area contributed by atoms with Crippen molar-refractivity contribution in [3.8, 4) is 11.5 Å². The number of carbonyl (C=O) groups excluding carboxylic acids is 2. The van der Waals surface area contributed by atoms with Crippen LogP contribution in [0.4, 0.5) is 5.00 Å². The molecule has 8 nitrogen and oxygen atoms in total. The number of methoxy groups -OCH3 is 1. The highest BCUT2D eigenvalue weighted by molar-refractivity contribution is 7.16. The van der Waals surface area contributed by atoms with E-state index in [1.165, 1.54) is 29.9 Å². The second-order valence-corrected chi connectivity index (χ2v) is 10.1. The predicted molar refractivity (Wildman–Crippen MR) is 139 cm³/mol. The first-order chi connectivity index (χ1) is 18.1. The number of hydrogen-bond donors (Lipinski definition) is 2. The van der Waals surface area contributed by atoms with E-state index >= 15 is 0 Å². The summed E-state index contributed by atoms with van der Waals surface area (Å²) in [5.41, 5.74) is 3.97. The lowest BCUT2D eigenvalue weighted by molar-refractivity contribution is 0.0696. The Hall–Kier alpha value is -4.08. The molecule has 2 aliphatic rings. The molecule has 0 radical (unpaired) electrons. The van der Waals surface area contributed by atoms with Crippen LogP contribution in [0, 0.1) is 0 Å². The van der Waals surface area contributed by atoms with Crippen molar-refractivity contribution in [1.82, 2.24) is 10.2 Å². The van der Waals surface area contributed by atoms with Gasteiger partial charge in [-0.05, 0) is 47.4 Å². The van der Waals surface area contributed by atoms with Crippen LogP contribution < -0.4 is 20.1 Å². The Labute approximate surface area is 217 Å². The van der Waals surface area contributed by atoms with Crippen molar-refractivity contribution < 1.29 is 23.5 Å². The Morgan fingerprint density at radius 2 is 1.97 bits per heavy atom. The van der Waals surface area contributed by atoms with Gasteiger partial charge in [-0.3, -0.25) is 9.69 Å². The number of amides is 1. The van der Waals surface area contributed by atoms with Crippen LogP contribution >= 0.6 is 11.3 Å². The minimum Gasteiger partial charge on any atom is -0.493 e. The summed E-state index contributed by atoms with van der Waals surface area (Å²) in [6.07, 6.45) is 1.81. The number of thiophene rings is 1. The molecular formula is C28H25N3O5S. The van der Waals surface area contributed by atoms with Gasteiger partial charge in [-0.25, -0.2) is 4.79 Å². The van der Waals surface area contributed by atoms with Crippen molar-refractivity contribution in [2.45, 2.75) is 25.7 Å². The van der Waals surface area contributed by atoms with Crippen molar-refractivity contribution in [2.24, 2.45) is 0 Å². The third-order valence-electron chi connectivity index (χ3n) is 6.61. The van der Waals surface area contributed by atoms with Gasteiger partial charge in [0.05, 0.1) is 18.9 Å². The Morgan fingerprint density at radius 3 is 2.76 bits per heavy atom. The van der Waals surface area contributed by atoms with Crippen molar-refractivity contribution in [1.29, 1.82) is 0 Å². The van der Waals surface area contributed by atoms with Gasteiger partial charge in [0, 0.05) is 24.5 Å². The molecule has 188 valence electrons. The van der Waals surface area contributed by atoms with Gasteiger partial charge in [0.15, 0.2) is 11.5 Å². The molecule has 0 bridgehead atoms. The van der Waals surface area contributed by atoms with Crippen LogP contribution in [-0.2, 0) is 19.5 Å². The van der Waals surface area contributed by atoms with Crippen molar-refractivity contribution in [2.75, 3.05) is 19.0 Å². The molecule has 0 unspecified atom stereocenters. The first kappa shape index (κ1) is 23.3. The first-order valence-corrected chi connectivity index (χ1v) is 12.8. The third-order valence-corrected chi connectivity index (χ3v) is 7.76. The molecular weight excluding hydrogens is 490 g/mol. The quantitative estimate of drug-likeness (QED) is 0.276. The van der Waals surface area contributed by atoms with E-state index in [1.54, 1.807) is 35.6 Å². The number of anilines is 1. The second-order valence-electron chi connectivity index (χ2n) is 8.98. The number of fused-ring (bicyclic) bond motifs is 3. The molecule has 37 heavy (non-hydrogen) atoms. The number of rotatable bonds is 6. The van der Waals surface area contributed by atoms with E-state index in [2.05, 4.69) is 39.8 Å². The minimum atomic E-state index is -0.615. The molecule has 2 aliphatic heterocycles. The van der Waals surface area contributed by atoms with Crippen LogP contribution in [0.5, 0.6) is 11.5 Å². The molecule has 2 N–H and O–H groups in total. The van der Waals surface area contributed by atoms with E-state index < -0.39 is 12.1 Å². The topological polar surface area (TPSA) is 93.0 Å². The normalized spacial score (nSPS) is 16.8. The summed E-state index contributed by atoms with van der Waals surface area (Å²) < 4.78 is 16.0. The highest BCUT2D eigenvalue weighted by atomic mass is 32.1. The van der Waals surface area contributed by atoms with Crippen LogP contribution in [0.1, 0.15) is 48.6 Å². The van der Waals surface area contributed by atoms with Gasteiger partial charge in [-0.15, -0.1) is 11.3 Å². The SMILES string of the molecule is COc1cc([C@@H]2NC(=O)c3c(sc4c3CCN(Cc3ccccc3)C4)N2)ccc1OC(=O)c1ccco1. The van der Waals surface area contributed by atoms with Gasteiger partial charge in [0.1, 0.15) is 11.2 Å². The molecule has 2 aromatic carbocycles. The summed E-state index contributed by atoms with van der Waals surface area (Å²) in [6, 6.07) is 18.8. The van der Waals surface area contributed by atoms with E-state index in [0.29, 0.717) is 5.75 Å². The maximum absolute atomic E-state index is 13.2. The van der Waals surface area contributed by atoms with Gasteiger partial charge < -0.3 is 24.5 Å². The summed E-state index contributed by atoms with van der Waals surface area (Å²) in [6.45, 7) is 2.63. The smallest absolute Gasteiger partial charge is 0.379 e. The number of nitrogens with one attached hydrogen (secondary N) is 2. The van der Waals surface area contributed by atoms with Crippen LogP contribution in [0.3, 0.4) is 0 Å². The number of ether oxygens (including phenoxy) is 2. The second kappa shape index (κ2) is 9.76. The predicted octanol–water partition coefficient (Wildman–Crippen LogP) is 4.98. The lowest BCUT2D eigenvalue weighted by Crippen LogP contribution is -2.38. The molecule has 0 fully saturated rings. The number of nitrogens with zero attached hydrogens (tertiary/aromatic N) is 1. The molecule has 0 saturated carbocycles. The Bertz CT molecular complexity index is 1450. The molecule has 0 aliphatic carbocycles. The van der Waals surface area contributed by atoms with Gasteiger partial charge >= 0.3 is 5.97 Å². The lowest BCUT2D eigenvalue weighted by atomic mass is 10.00. The van der Waals surface area contributed by atoms with E-state index in [4.69, 9.17) is 13.9 Å². The van der Waals surface area contributed by atoms with Crippen LogP contribution in [-0.4, -0.2) is 30.4 Å². The third kappa shape index (κ3) is 4.59. The Kier molecular flexibility index (Phi) is 6.15. The molecule has 1 atom stereocenters. The molecule has 0 saturated heterocycles. The molecule has 2 aromatic heterocycles. The first-order valence-electron chi connectivity index (χ1n) is 12.0. The summed E-state index contributed by atoms with van der Waals surface area (Å²) in [5, 5.41) is 7.45. The van der Waals surface area contributed by atoms with E-state index in [0.717, 1.165) is 47.7 Å². The maximum atomic E-state index is 13.2. The number of benzene rings is 2. The lowest BCUT2D eigenvalue weighted by Gasteiger charge is -2.28. The standard InChI is InChI=1S/C28H25N3O5S/c1-34-22-14-18(9-10-20(22)36-28(33)21-8-5-13-35-21)25-29-26(32)24-19-11-12-31(15-17-6-3-2-4-7-17)16-23(19)37-27(24)30-25/h2-10,13-14,25,30H,11-12,15-16H2,1H3,(H,29,32)/t25-/m1/s1. The average Bonchev–Trinajstić information content (AvgIpc) is 3.58. The Morgan fingerprint density at radius 1 is 1.11 bits per heavy atom. The number of furan rings is 1. The maximum Gasteiger partial charge on any atom is 0.379 e. The zero-order chi connectivity index (χ0) is 25.4. The van der Waals surface area contributed by atoms with Crippen LogP contribution in [0.15, 0.2) is 71.3 Å². The van der Waals surface area contributed by atoms with E-state index in [1.807, 2.05) is 6.07 Å². The Balaban J connectivity index is 1.20. The summed E-state index contributed by atoms with van der Waals surface area (Å²) in [7, 11) is 1.50. The number of hydrogen-bond acceptors (Lipinski definition) is 8. The molecule has 4 aromatic rings. The van der Waals surface area contributed by atoms with Gasteiger partial charge in [0.25, 0.3) is 5.91 Å². The highest BCUT2D eigenvalue weighted by Gasteiger charge is 2.33. The molecule has 9 heteroatoms. The van der Waals surface area contributed by atoms with Gasteiger partial charge in [0.2, 0.25) is 5.76 Å². The summed E-state index contributed by atoms with van der Waals surface area (Å²) in [4.78, 5) is 29.1. The molecule has 4 heterocycles. The van der Waals surface area contributed by atoms with Crippen LogP contribution in [0.2, 0.25) is 0 Å². The minimum absolute atomic E-state index is 0.0833. The van der Waals surface area contributed by atoms with Crippen LogP contribution in [0.25, 0.3) is 0 Å². The summed E-state index contributed by atoms with van der Waals surface area (Å²) >= 11 is 1.65. The average molecular weight is 516 g/mol. The fourth-order valence-electron chi connectivity index (χ4n) is 4.80. The van der Waals surface area contributed by atoms with E-state index in [-0.39, 0.29) is 17.4 Å². The van der Waals surface area contributed by atoms with E-state index in [9.17, 15) is 9.59 Å². The van der Waals surface area contributed by atoms with Gasteiger partial charge in [-0.2, -0.15) is 0 Å². The zero-order valence-corrected chi connectivity index (χ0v) is 21.0. The van der Waals surface area contributed by atoms with Crippen molar-refractivity contribution >= 4 is 28.2 Å².